The number of likely N-dealkylation sites (tertiary alicyclic amines) is 1. The van der Waals surface area contributed by atoms with Gasteiger partial charge in [-0.25, -0.2) is 9.18 Å². The predicted octanol–water partition coefficient (Wildman–Crippen LogP) is 1.69. The Morgan fingerprint density at radius 3 is 2.75 bits per heavy atom. The maximum absolute atomic E-state index is 12.8. The molecule has 0 aromatic heterocycles. The number of urea groups is 1. The molecule has 2 atom stereocenters. The standard InChI is InChI=1S/C17H23FN4O2/c18-12-3-5-13(6-4-12)20-17(24)21-15-7-9-22(11-15)16(23)10-14-2-1-8-19-14/h3-6,14-15,19H,1-2,7-11H2,(H2,20,21,24). The van der Waals surface area contributed by atoms with Gasteiger partial charge in [-0.05, 0) is 50.1 Å². The monoisotopic (exact) mass is 334 g/mol. The topological polar surface area (TPSA) is 73.5 Å². The lowest BCUT2D eigenvalue weighted by molar-refractivity contribution is -0.130. The third-order valence-corrected chi connectivity index (χ3v) is 4.56. The Labute approximate surface area is 140 Å². The number of hydrogen-bond donors (Lipinski definition) is 3. The fraction of sp³-hybridized carbons (Fsp3) is 0.529. The van der Waals surface area contributed by atoms with E-state index in [2.05, 4.69) is 16.0 Å². The van der Waals surface area contributed by atoms with Crippen LogP contribution >= 0.6 is 0 Å². The van der Waals surface area contributed by atoms with Crippen molar-refractivity contribution in [1.82, 2.24) is 15.5 Å². The van der Waals surface area contributed by atoms with Crippen LogP contribution in [0.3, 0.4) is 0 Å². The molecule has 2 aliphatic heterocycles. The molecule has 3 N–H and O–H groups in total. The van der Waals surface area contributed by atoms with Crippen LogP contribution in [0, 0.1) is 5.82 Å². The average Bonchev–Trinajstić information content (AvgIpc) is 3.21. The van der Waals surface area contributed by atoms with E-state index in [0.29, 0.717) is 31.2 Å². The molecule has 0 radical (unpaired) electrons. The SMILES string of the molecule is O=C(Nc1ccc(F)cc1)NC1CCN(C(=O)CC2CCCN2)C1. The normalized spacial score (nSPS) is 23.3. The Morgan fingerprint density at radius 1 is 1.25 bits per heavy atom. The first-order valence-electron chi connectivity index (χ1n) is 8.44. The van der Waals surface area contributed by atoms with Crippen LogP contribution in [0.2, 0.25) is 0 Å². The summed E-state index contributed by atoms with van der Waals surface area (Å²) < 4.78 is 12.8. The fourth-order valence-electron chi connectivity index (χ4n) is 3.26. The summed E-state index contributed by atoms with van der Waals surface area (Å²) in [6.45, 7) is 2.21. The fourth-order valence-corrected chi connectivity index (χ4v) is 3.26. The van der Waals surface area contributed by atoms with E-state index < -0.39 is 0 Å². The number of nitrogens with zero attached hydrogens (tertiary/aromatic N) is 1. The van der Waals surface area contributed by atoms with Crippen LogP contribution in [-0.4, -0.2) is 48.6 Å². The molecule has 7 heteroatoms. The molecule has 0 saturated carbocycles. The first-order chi connectivity index (χ1) is 11.6. The number of carbonyl (C=O) groups excluding carboxylic acids is 2. The summed E-state index contributed by atoms with van der Waals surface area (Å²) in [6.07, 6.45) is 3.47. The van der Waals surface area contributed by atoms with Crippen molar-refractivity contribution in [2.75, 3.05) is 25.0 Å². The van der Waals surface area contributed by atoms with Crippen LogP contribution in [0.15, 0.2) is 24.3 Å². The van der Waals surface area contributed by atoms with Gasteiger partial charge in [0.25, 0.3) is 0 Å². The molecule has 3 amide bonds. The van der Waals surface area contributed by atoms with Crippen LogP contribution in [0.5, 0.6) is 0 Å². The number of anilines is 1. The molecule has 2 saturated heterocycles. The lowest BCUT2D eigenvalue weighted by Gasteiger charge is -2.19. The van der Waals surface area contributed by atoms with Crippen LogP contribution in [0.25, 0.3) is 0 Å². The second-order valence-electron chi connectivity index (χ2n) is 6.43. The van der Waals surface area contributed by atoms with Crippen LogP contribution in [-0.2, 0) is 4.79 Å². The average molecular weight is 334 g/mol. The van der Waals surface area contributed by atoms with E-state index in [9.17, 15) is 14.0 Å². The highest BCUT2D eigenvalue weighted by Gasteiger charge is 2.29. The van der Waals surface area contributed by atoms with E-state index >= 15 is 0 Å². The van der Waals surface area contributed by atoms with Gasteiger partial charge in [0.2, 0.25) is 5.91 Å². The Morgan fingerprint density at radius 2 is 2.04 bits per heavy atom. The van der Waals surface area contributed by atoms with Crippen molar-refractivity contribution in [3.05, 3.63) is 30.1 Å². The van der Waals surface area contributed by atoms with E-state index in [1.54, 1.807) is 0 Å². The van der Waals surface area contributed by atoms with Crippen molar-refractivity contribution in [2.45, 2.75) is 37.8 Å². The molecule has 6 nitrogen and oxygen atoms in total. The van der Waals surface area contributed by atoms with Gasteiger partial charge in [-0.3, -0.25) is 4.79 Å². The third kappa shape index (κ3) is 4.44. The van der Waals surface area contributed by atoms with E-state index in [0.717, 1.165) is 25.8 Å². The summed E-state index contributed by atoms with van der Waals surface area (Å²) >= 11 is 0. The number of rotatable bonds is 4. The molecule has 0 aliphatic carbocycles. The molecule has 1 aromatic carbocycles. The molecular formula is C17H23FN4O2. The van der Waals surface area contributed by atoms with Crippen LogP contribution in [0.1, 0.15) is 25.7 Å². The molecule has 0 spiro atoms. The minimum absolute atomic E-state index is 0.0501. The second-order valence-corrected chi connectivity index (χ2v) is 6.43. The Bertz CT molecular complexity index is 587. The molecule has 2 unspecified atom stereocenters. The van der Waals surface area contributed by atoms with E-state index in [-0.39, 0.29) is 23.8 Å². The van der Waals surface area contributed by atoms with Gasteiger partial charge in [-0.1, -0.05) is 0 Å². The molecule has 3 rings (SSSR count). The minimum Gasteiger partial charge on any atom is -0.341 e. The van der Waals surface area contributed by atoms with Crippen molar-refractivity contribution in [1.29, 1.82) is 0 Å². The van der Waals surface area contributed by atoms with Crippen molar-refractivity contribution in [3.8, 4) is 0 Å². The highest BCUT2D eigenvalue weighted by atomic mass is 19.1. The highest BCUT2D eigenvalue weighted by molar-refractivity contribution is 5.89. The minimum atomic E-state index is -0.345. The lowest BCUT2D eigenvalue weighted by atomic mass is 10.1. The number of nitrogens with one attached hydrogen (secondary N) is 3. The maximum Gasteiger partial charge on any atom is 0.319 e. The zero-order valence-corrected chi connectivity index (χ0v) is 13.6. The van der Waals surface area contributed by atoms with Gasteiger partial charge in [0.05, 0.1) is 0 Å². The van der Waals surface area contributed by atoms with E-state index in [1.165, 1.54) is 24.3 Å². The van der Waals surface area contributed by atoms with Crippen molar-refractivity contribution >= 4 is 17.6 Å². The van der Waals surface area contributed by atoms with E-state index in [1.807, 2.05) is 4.90 Å². The van der Waals surface area contributed by atoms with Crippen molar-refractivity contribution in [2.24, 2.45) is 0 Å². The summed E-state index contributed by atoms with van der Waals surface area (Å²) in [4.78, 5) is 26.1. The van der Waals surface area contributed by atoms with Gasteiger partial charge in [0.1, 0.15) is 5.82 Å². The largest absolute Gasteiger partial charge is 0.341 e. The maximum atomic E-state index is 12.8. The first kappa shape index (κ1) is 16.7. The second kappa shape index (κ2) is 7.61. The molecule has 130 valence electrons. The van der Waals surface area contributed by atoms with Gasteiger partial charge in [-0.15, -0.1) is 0 Å². The van der Waals surface area contributed by atoms with E-state index in [4.69, 9.17) is 0 Å². The first-order valence-corrected chi connectivity index (χ1v) is 8.44. The summed E-state index contributed by atoms with van der Waals surface area (Å²) in [5, 5.41) is 8.87. The van der Waals surface area contributed by atoms with Crippen LogP contribution in [0.4, 0.5) is 14.9 Å². The number of hydrogen-bond acceptors (Lipinski definition) is 3. The zero-order chi connectivity index (χ0) is 16.9. The third-order valence-electron chi connectivity index (χ3n) is 4.56. The summed E-state index contributed by atoms with van der Waals surface area (Å²) in [7, 11) is 0. The van der Waals surface area contributed by atoms with Crippen LogP contribution < -0.4 is 16.0 Å². The molecular weight excluding hydrogens is 311 g/mol. The van der Waals surface area contributed by atoms with Gasteiger partial charge in [-0.2, -0.15) is 0 Å². The molecule has 0 bridgehead atoms. The summed E-state index contributed by atoms with van der Waals surface area (Å²) in [6, 6.07) is 5.52. The van der Waals surface area contributed by atoms with Crippen molar-refractivity contribution in [3.63, 3.8) is 0 Å². The molecule has 24 heavy (non-hydrogen) atoms. The summed E-state index contributed by atoms with van der Waals surface area (Å²) in [5.41, 5.74) is 0.534. The molecule has 2 heterocycles. The molecule has 2 aliphatic rings. The smallest absolute Gasteiger partial charge is 0.319 e. The Kier molecular flexibility index (Phi) is 5.30. The van der Waals surface area contributed by atoms with Gasteiger partial charge < -0.3 is 20.9 Å². The Hall–Kier alpha value is -2.15. The number of amides is 3. The predicted molar refractivity (Wildman–Crippen MR) is 89.2 cm³/mol. The van der Waals surface area contributed by atoms with Gasteiger partial charge in [0.15, 0.2) is 0 Å². The molecule has 2 fully saturated rings. The number of benzene rings is 1. The van der Waals surface area contributed by atoms with Gasteiger partial charge >= 0.3 is 6.03 Å². The molecule has 1 aromatic rings. The van der Waals surface area contributed by atoms with Gasteiger partial charge in [0, 0.05) is 37.3 Å². The lowest BCUT2D eigenvalue weighted by Crippen LogP contribution is -2.41. The quantitative estimate of drug-likeness (QED) is 0.784. The Balaban J connectivity index is 1.42. The summed E-state index contributed by atoms with van der Waals surface area (Å²) in [5.74, 6) is -0.194. The number of halogens is 1. The van der Waals surface area contributed by atoms with Crippen molar-refractivity contribution < 1.29 is 14.0 Å². The zero-order valence-electron chi connectivity index (χ0n) is 13.6. The highest BCUT2D eigenvalue weighted by Crippen LogP contribution is 2.15. The number of carbonyl (C=O) groups is 2.